The second-order valence-corrected chi connectivity index (χ2v) is 6.45. The summed E-state index contributed by atoms with van der Waals surface area (Å²) in [6, 6.07) is 6.14. The van der Waals surface area contributed by atoms with Crippen LogP contribution in [0.1, 0.15) is 12.0 Å². The van der Waals surface area contributed by atoms with Crippen LogP contribution < -0.4 is 4.90 Å². The van der Waals surface area contributed by atoms with Gasteiger partial charge in [-0.3, -0.25) is 9.69 Å². The van der Waals surface area contributed by atoms with Crippen LogP contribution in [-0.4, -0.2) is 61.5 Å². The number of hydrogen-bond donors (Lipinski definition) is 0. The van der Waals surface area contributed by atoms with Crippen molar-refractivity contribution >= 4 is 23.2 Å². The topological polar surface area (TPSA) is 26.8 Å². The highest BCUT2D eigenvalue weighted by Crippen LogP contribution is 2.26. The van der Waals surface area contributed by atoms with Gasteiger partial charge in [0.2, 0.25) is 5.91 Å². The number of likely N-dealkylation sites (N-methyl/N-ethyl adjacent to an activating group) is 1. The lowest BCUT2D eigenvalue weighted by molar-refractivity contribution is -0.131. The van der Waals surface area contributed by atoms with Crippen LogP contribution in [0.5, 0.6) is 0 Å². The van der Waals surface area contributed by atoms with E-state index in [-0.39, 0.29) is 11.9 Å². The standard InChI is InChI=1S/C16H22ClN3O/c1-12-3-4-13(17)11-15(12)20-9-7-19(8-10-20)14-5-6-18(2)16(14)21/h3-4,11,14H,5-10H2,1-2H3. The van der Waals surface area contributed by atoms with E-state index in [2.05, 4.69) is 22.8 Å². The zero-order valence-corrected chi connectivity index (χ0v) is 13.4. The average molecular weight is 308 g/mol. The van der Waals surface area contributed by atoms with Crippen LogP contribution in [0.25, 0.3) is 0 Å². The van der Waals surface area contributed by atoms with Crippen LogP contribution in [-0.2, 0) is 4.79 Å². The minimum atomic E-state index is 0.0950. The predicted molar refractivity (Wildman–Crippen MR) is 86.0 cm³/mol. The summed E-state index contributed by atoms with van der Waals surface area (Å²) in [5.74, 6) is 0.280. The SMILES string of the molecule is Cc1ccc(Cl)cc1N1CCN(C2CCN(C)C2=O)CC1. The molecule has 0 aromatic heterocycles. The Morgan fingerprint density at radius 3 is 2.48 bits per heavy atom. The molecular formula is C16H22ClN3O. The molecule has 21 heavy (non-hydrogen) atoms. The molecule has 1 atom stereocenters. The number of piperazine rings is 1. The predicted octanol–water partition coefficient (Wildman–Crippen LogP) is 2.00. The summed E-state index contributed by atoms with van der Waals surface area (Å²) in [5, 5.41) is 0.783. The molecule has 0 bridgehead atoms. The van der Waals surface area contributed by atoms with Crippen LogP contribution in [0.15, 0.2) is 18.2 Å². The molecule has 3 rings (SSSR count). The minimum absolute atomic E-state index is 0.0950. The third-order valence-corrected chi connectivity index (χ3v) is 4.90. The summed E-state index contributed by atoms with van der Waals surface area (Å²) in [7, 11) is 1.90. The van der Waals surface area contributed by atoms with E-state index < -0.39 is 0 Å². The van der Waals surface area contributed by atoms with Gasteiger partial charge in [0.05, 0.1) is 6.04 Å². The maximum absolute atomic E-state index is 12.1. The van der Waals surface area contributed by atoms with Crippen molar-refractivity contribution in [3.05, 3.63) is 28.8 Å². The van der Waals surface area contributed by atoms with Crippen molar-refractivity contribution in [2.45, 2.75) is 19.4 Å². The second-order valence-electron chi connectivity index (χ2n) is 6.02. The number of hydrogen-bond acceptors (Lipinski definition) is 3. The molecule has 0 spiro atoms. The summed E-state index contributed by atoms with van der Waals surface area (Å²) < 4.78 is 0. The van der Waals surface area contributed by atoms with Crippen LogP contribution in [0.3, 0.4) is 0 Å². The summed E-state index contributed by atoms with van der Waals surface area (Å²) in [6.45, 7) is 6.79. The molecular weight excluding hydrogens is 286 g/mol. The van der Waals surface area contributed by atoms with Crippen molar-refractivity contribution in [1.29, 1.82) is 0 Å². The molecule has 1 amide bonds. The van der Waals surface area contributed by atoms with Crippen molar-refractivity contribution in [1.82, 2.24) is 9.80 Å². The van der Waals surface area contributed by atoms with E-state index in [1.165, 1.54) is 11.3 Å². The van der Waals surface area contributed by atoms with Crippen LogP contribution in [0, 0.1) is 6.92 Å². The molecule has 1 aromatic rings. The van der Waals surface area contributed by atoms with Gasteiger partial charge in [-0.2, -0.15) is 0 Å². The fourth-order valence-corrected chi connectivity index (χ4v) is 3.51. The lowest BCUT2D eigenvalue weighted by Crippen LogP contribution is -2.52. The number of benzene rings is 1. The highest BCUT2D eigenvalue weighted by Gasteiger charge is 2.35. The molecule has 4 nitrogen and oxygen atoms in total. The third kappa shape index (κ3) is 2.87. The zero-order valence-electron chi connectivity index (χ0n) is 12.7. The van der Waals surface area contributed by atoms with E-state index in [4.69, 9.17) is 11.6 Å². The fourth-order valence-electron chi connectivity index (χ4n) is 3.34. The molecule has 2 fully saturated rings. The summed E-state index contributed by atoms with van der Waals surface area (Å²) in [6.07, 6.45) is 0.964. The van der Waals surface area contributed by atoms with E-state index in [9.17, 15) is 4.79 Å². The Bertz CT molecular complexity index is 540. The number of likely N-dealkylation sites (tertiary alicyclic amines) is 1. The molecule has 0 saturated carbocycles. The first kappa shape index (κ1) is 14.7. The lowest BCUT2D eigenvalue weighted by Gasteiger charge is -2.39. The molecule has 0 radical (unpaired) electrons. The van der Waals surface area contributed by atoms with Crippen LogP contribution >= 0.6 is 11.6 Å². The molecule has 5 heteroatoms. The number of carbonyl (C=O) groups excluding carboxylic acids is 1. The zero-order chi connectivity index (χ0) is 15.0. The monoisotopic (exact) mass is 307 g/mol. The van der Waals surface area contributed by atoms with Gasteiger partial charge in [-0.25, -0.2) is 0 Å². The molecule has 2 aliphatic rings. The summed E-state index contributed by atoms with van der Waals surface area (Å²) in [4.78, 5) is 18.7. The first-order valence-corrected chi connectivity index (χ1v) is 7.94. The first-order chi connectivity index (χ1) is 10.1. The van der Waals surface area contributed by atoms with Crippen LogP contribution in [0.2, 0.25) is 5.02 Å². The molecule has 114 valence electrons. The van der Waals surface area contributed by atoms with Gasteiger partial charge in [-0.05, 0) is 31.0 Å². The van der Waals surface area contributed by atoms with Crippen molar-refractivity contribution in [3.8, 4) is 0 Å². The third-order valence-electron chi connectivity index (χ3n) is 4.67. The van der Waals surface area contributed by atoms with Gasteiger partial charge in [0.15, 0.2) is 0 Å². The quantitative estimate of drug-likeness (QED) is 0.836. The number of aryl methyl sites for hydroxylation is 1. The highest BCUT2D eigenvalue weighted by atomic mass is 35.5. The van der Waals surface area contributed by atoms with Crippen molar-refractivity contribution in [2.24, 2.45) is 0 Å². The Balaban J connectivity index is 1.65. The number of amides is 1. The van der Waals surface area contributed by atoms with E-state index in [0.29, 0.717) is 0 Å². The molecule has 1 aromatic carbocycles. The highest BCUT2D eigenvalue weighted by molar-refractivity contribution is 6.30. The maximum atomic E-state index is 12.1. The Hall–Kier alpha value is -1.26. The summed E-state index contributed by atoms with van der Waals surface area (Å²) >= 11 is 6.12. The Kier molecular flexibility index (Phi) is 4.09. The van der Waals surface area contributed by atoms with Crippen molar-refractivity contribution < 1.29 is 4.79 Å². The van der Waals surface area contributed by atoms with Gasteiger partial charge in [0.1, 0.15) is 0 Å². The molecule has 2 aliphatic heterocycles. The van der Waals surface area contributed by atoms with E-state index in [0.717, 1.165) is 44.2 Å². The van der Waals surface area contributed by atoms with E-state index in [1.54, 1.807) is 0 Å². The lowest BCUT2D eigenvalue weighted by atomic mass is 10.1. The van der Waals surface area contributed by atoms with E-state index >= 15 is 0 Å². The number of anilines is 1. The van der Waals surface area contributed by atoms with Gasteiger partial charge in [-0.1, -0.05) is 17.7 Å². The normalized spacial score (nSPS) is 24.0. The Morgan fingerprint density at radius 1 is 1.14 bits per heavy atom. The van der Waals surface area contributed by atoms with Gasteiger partial charge in [0, 0.05) is 50.5 Å². The van der Waals surface area contributed by atoms with Crippen LogP contribution in [0.4, 0.5) is 5.69 Å². The molecule has 2 heterocycles. The summed E-state index contributed by atoms with van der Waals surface area (Å²) in [5.41, 5.74) is 2.47. The largest absolute Gasteiger partial charge is 0.369 e. The molecule has 0 aliphatic carbocycles. The average Bonchev–Trinajstić information content (AvgIpc) is 2.82. The maximum Gasteiger partial charge on any atom is 0.239 e. The van der Waals surface area contributed by atoms with Crippen molar-refractivity contribution in [3.63, 3.8) is 0 Å². The van der Waals surface area contributed by atoms with Crippen molar-refractivity contribution in [2.75, 3.05) is 44.7 Å². The Morgan fingerprint density at radius 2 is 1.86 bits per heavy atom. The number of halogens is 1. The molecule has 2 saturated heterocycles. The minimum Gasteiger partial charge on any atom is -0.369 e. The second kappa shape index (κ2) is 5.85. The number of nitrogens with zero attached hydrogens (tertiary/aromatic N) is 3. The fraction of sp³-hybridized carbons (Fsp3) is 0.562. The van der Waals surface area contributed by atoms with E-state index in [1.807, 2.05) is 24.1 Å². The van der Waals surface area contributed by atoms with Gasteiger partial charge < -0.3 is 9.80 Å². The Labute approximate surface area is 131 Å². The smallest absolute Gasteiger partial charge is 0.239 e. The number of carbonyl (C=O) groups is 1. The number of rotatable bonds is 2. The molecule has 0 N–H and O–H groups in total. The molecule has 1 unspecified atom stereocenters. The van der Waals surface area contributed by atoms with Gasteiger partial charge in [-0.15, -0.1) is 0 Å². The first-order valence-electron chi connectivity index (χ1n) is 7.56. The van der Waals surface area contributed by atoms with Gasteiger partial charge >= 0.3 is 0 Å². The van der Waals surface area contributed by atoms with Gasteiger partial charge in [0.25, 0.3) is 0 Å².